The van der Waals surface area contributed by atoms with Crippen molar-refractivity contribution in [2.45, 2.75) is 141 Å². The third kappa shape index (κ3) is 28.8. The fourth-order valence-corrected chi connectivity index (χ4v) is 4.54. The summed E-state index contributed by atoms with van der Waals surface area (Å²) in [5.74, 6) is 24.6. The number of aliphatic hydroxyl groups excluding tert-OH is 2. The van der Waals surface area contributed by atoms with Crippen molar-refractivity contribution in [3.63, 3.8) is 0 Å². The van der Waals surface area contributed by atoms with Crippen LogP contribution in [0.25, 0.3) is 0 Å². The minimum absolute atomic E-state index is 0.00557. The molecule has 0 saturated heterocycles. The van der Waals surface area contributed by atoms with Gasteiger partial charge in [0.2, 0.25) is 0 Å². The highest BCUT2D eigenvalue weighted by molar-refractivity contribution is 5.26. The van der Waals surface area contributed by atoms with Crippen molar-refractivity contribution in [1.82, 2.24) is 0 Å². The number of hydrogen-bond acceptors (Lipinski definition) is 6. The van der Waals surface area contributed by atoms with Crippen LogP contribution in [0.1, 0.15) is 128 Å². The molecule has 0 aromatic rings. The summed E-state index contributed by atoms with van der Waals surface area (Å²) >= 11 is 0. The molecule has 44 heavy (non-hydrogen) atoms. The van der Waals surface area contributed by atoms with E-state index in [0.717, 1.165) is 128 Å². The lowest BCUT2D eigenvalue weighted by Crippen LogP contribution is -2.24. The fourth-order valence-electron chi connectivity index (χ4n) is 4.54. The van der Waals surface area contributed by atoms with Gasteiger partial charge in [0.05, 0.1) is 26.4 Å². The van der Waals surface area contributed by atoms with Gasteiger partial charge in [0, 0.05) is 52.1 Å². The van der Waals surface area contributed by atoms with Crippen molar-refractivity contribution in [2.24, 2.45) is 0 Å². The summed E-state index contributed by atoms with van der Waals surface area (Å²) in [6.45, 7) is 3.61. The zero-order chi connectivity index (χ0) is 31.4. The molecule has 6 nitrogen and oxygen atoms in total. The second-order valence-corrected chi connectivity index (χ2v) is 11.4. The minimum atomic E-state index is -0.237. The highest BCUT2D eigenvalue weighted by atomic mass is 16.5. The third-order valence-electron chi connectivity index (χ3n) is 7.27. The largest absolute Gasteiger partial charge is 0.394 e. The van der Waals surface area contributed by atoms with E-state index >= 15 is 0 Å². The van der Waals surface area contributed by atoms with Gasteiger partial charge in [-0.2, -0.15) is 0 Å². The Balaban J connectivity index is 2.31. The van der Waals surface area contributed by atoms with Gasteiger partial charge in [-0.05, 0) is 75.0 Å². The molecule has 2 N–H and O–H groups in total. The van der Waals surface area contributed by atoms with Crippen LogP contribution in [0, 0.1) is 47.4 Å². The summed E-state index contributed by atoms with van der Waals surface area (Å²) in [7, 11) is 0. The molecule has 6 heteroatoms. The first-order chi connectivity index (χ1) is 21.9. The molecule has 0 radical (unpaired) electrons. The van der Waals surface area contributed by atoms with Gasteiger partial charge in [-0.15, -0.1) is 0 Å². The Hall–Kier alpha value is -2.00. The molecule has 2 atom stereocenters. The molecule has 0 saturated carbocycles. The maximum atomic E-state index is 9.55. The van der Waals surface area contributed by atoms with Gasteiger partial charge in [0.25, 0.3) is 0 Å². The topological polar surface area (TPSA) is 77.4 Å². The highest BCUT2D eigenvalue weighted by Crippen LogP contribution is 2.07. The summed E-state index contributed by atoms with van der Waals surface area (Å²) in [6, 6.07) is 0. The van der Waals surface area contributed by atoms with Crippen molar-refractivity contribution >= 4 is 0 Å². The molecule has 1 rings (SSSR count). The average Bonchev–Trinajstić information content (AvgIpc) is 3.04. The van der Waals surface area contributed by atoms with Crippen molar-refractivity contribution in [3.05, 3.63) is 0 Å². The van der Waals surface area contributed by atoms with E-state index in [2.05, 4.69) is 47.4 Å². The predicted octanol–water partition coefficient (Wildman–Crippen LogP) is 6.60. The molecule has 1 aliphatic rings. The second kappa shape index (κ2) is 33.9. The molecule has 248 valence electrons. The molecule has 0 bridgehead atoms. The van der Waals surface area contributed by atoms with Crippen molar-refractivity contribution in [3.8, 4) is 47.4 Å². The lowest BCUT2D eigenvalue weighted by molar-refractivity contribution is -0.0437. The van der Waals surface area contributed by atoms with Gasteiger partial charge in [-0.3, -0.25) is 0 Å². The van der Waals surface area contributed by atoms with Gasteiger partial charge in [-0.25, -0.2) is 0 Å². The Morgan fingerprint density at radius 1 is 0.386 bits per heavy atom. The Kier molecular flexibility index (Phi) is 30.8. The van der Waals surface area contributed by atoms with Crippen LogP contribution < -0.4 is 0 Å². The quantitative estimate of drug-likeness (QED) is 0.342. The van der Waals surface area contributed by atoms with Crippen molar-refractivity contribution in [2.75, 3.05) is 52.9 Å². The summed E-state index contributed by atoms with van der Waals surface area (Å²) < 4.78 is 23.0. The monoisotopic (exact) mass is 612 g/mol. The summed E-state index contributed by atoms with van der Waals surface area (Å²) in [6.07, 6.45) is 20.4. The lowest BCUT2D eigenvalue weighted by atomic mass is 10.1. The van der Waals surface area contributed by atoms with Gasteiger partial charge >= 0.3 is 0 Å². The third-order valence-corrected chi connectivity index (χ3v) is 7.27. The first-order valence-corrected chi connectivity index (χ1v) is 17.4. The summed E-state index contributed by atoms with van der Waals surface area (Å²) in [5, 5.41) is 19.1. The normalized spacial score (nSPS) is 23.4. The number of hydrogen-bond donors (Lipinski definition) is 2. The standard InChI is InChI=1S/C38H60O6/c39-33-37-35-41-29-25-21-17-13-9-5-1-2-6-10-14-18-22-26-30-42-36-38(34-40)44-32-28-24-20-16-12-8-4-3-7-11-15-19-23-27-31-43-37/h37-40H,9-36H2. The molecule has 0 spiro atoms. The SMILES string of the molecule is OCC1COCCCCCCC#CC#CCCCCCCOCC(CO)OCCCCCCC#CC#CCCCCCCO1. The van der Waals surface area contributed by atoms with E-state index in [1.54, 1.807) is 0 Å². The van der Waals surface area contributed by atoms with E-state index in [-0.39, 0.29) is 25.4 Å². The Morgan fingerprint density at radius 2 is 0.682 bits per heavy atom. The van der Waals surface area contributed by atoms with Crippen molar-refractivity contribution in [1.29, 1.82) is 0 Å². The predicted molar refractivity (Wildman–Crippen MR) is 179 cm³/mol. The van der Waals surface area contributed by atoms with E-state index in [1.807, 2.05) is 0 Å². The van der Waals surface area contributed by atoms with Crippen LogP contribution in [0.3, 0.4) is 0 Å². The molecule has 0 fully saturated rings. The van der Waals surface area contributed by atoms with Crippen LogP contribution >= 0.6 is 0 Å². The molecule has 0 aliphatic carbocycles. The van der Waals surface area contributed by atoms with Gasteiger partial charge < -0.3 is 29.2 Å². The Bertz CT molecular complexity index is 813. The van der Waals surface area contributed by atoms with Crippen LogP contribution in [0.5, 0.6) is 0 Å². The molecular weight excluding hydrogens is 552 g/mol. The van der Waals surface area contributed by atoms with E-state index in [0.29, 0.717) is 39.6 Å². The van der Waals surface area contributed by atoms with Gasteiger partial charge in [0.15, 0.2) is 0 Å². The molecular formula is C38H60O6. The number of aliphatic hydroxyl groups is 2. The van der Waals surface area contributed by atoms with E-state index < -0.39 is 0 Å². The van der Waals surface area contributed by atoms with Crippen LogP contribution in [-0.2, 0) is 18.9 Å². The first kappa shape index (κ1) is 40.0. The van der Waals surface area contributed by atoms with E-state index in [9.17, 15) is 10.2 Å². The maximum Gasteiger partial charge on any atom is 0.104 e. The van der Waals surface area contributed by atoms with E-state index in [1.165, 1.54) is 0 Å². The Morgan fingerprint density at radius 3 is 1.00 bits per heavy atom. The first-order valence-electron chi connectivity index (χ1n) is 17.4. The van der Waals surface area contributed by atoms with Gasteiger partial charge in [-0.1, -0.05) is 75.0 Å². The average molecular weight is 613 g/mol. The van der Waals surface area contributed by atoms with Crippen molar-refractivity contribution < 1.29 is 29.2 Å². The molecule has 1 heterocycles. The zero-order valence-corrected chi connectivity index (χ0v) is 27.5. The fraction of sp³-hybridized carbons (Fsp3) is 0.789. The van der Waals surface area contributed by atoms with Crippen LogP contribution in [0.15, 0.2) is 0 Å². The molecule has 1 aliphatic heterocycles. The van der Waals surface area contributed by atoms with Crippen LogP contribution in [0.4, 0.5) is 0 Å². The zero-order valence-electron chi connectivity index (χ0n) is 27.5. The second-order valence-electron chi connectivity index (χ2n) is 11.4. The Labute approximate surface area is 269 Å². The van der Waals surface area contributed by atoms with Crippen LogP contribution in [0.2, 0.25) is 0 Å². The van der Waals surface area contributed by atoms with Crippen LogP contribution in [-0.4, -0.2) is 75.3 Å². The molecule has 0 amide bonds. The van der Waals surface area contributed by atoms with Gasteiger partial charge in [0.1, 0.15) is 12.2 Å². The molecule has 0 aromatic heterocycles. The smallest absolute Gasteiger partial charge is 0.104 e. The maximum absolute atomic E-state index is 9.55. The molecule has 0 aromatic carbocycles. The number of ether oxygens (including phenoxy) is 4. The van der Waals surface area contributed by atoms with E-state index in [4.69, 9.17) is 18.9 Å². The minimum Gasteiger partial charge on any atom is -0.394 e. The number of rotatable bonds is 2. The summed E-state index contributed by atoms with van der Waals surface area (Å²) in [5.41, 5.74) is 0. The molecule has 2 unspecified atom stereocenters. The summed E-state index contributed by atoms with van der Waals surface area (Å²) in [4.78, 5) is 0. The highest BCUT2D eigenvalue weighted by Gasteiger charge is 2.08. The lowest BCUT2D eigenvalue weighted by Gasteiger charge is -2.15.